The van der Waals surface area contributed by atoms with Crippen molar-refractivity contribution in [1.29, 1.82) is 0 Å². The van der Waals surface area contributed by atoms with Crippen LogP contribution in [0, 0.1) is 0 Å². The minimum atomic E-state index is -0.596. The Morgan fingerprint density at radius 2 is 1.83 bits per heavy atom. The number of hydrogen-bond acceptors (Lipinski definition) is 6. The Bertz CT molecular complexity index is 1100. The molecule has 2 saturated carbocycles. The van der Waals surface area contributed by atoms with E-state index in [0.717, 1.165) is 31.2 Å². The molecule has 3 aliphatic rings. The van der Waals surface area contributed by atoms with Gasteiger partial charge in [-0.2, -0.15) is 0 Å². The van der Waals surface area contributed by atoms with Gasteiger partial charge in [-0.1, -0.05) is 12.8 Å². The number of ether oxygens (including phenoxy) is 1. The van der Waals surface area contributed by atoms with Gasteiger partial charge in [0, 0.05) is 30.5 Å². The summed E-state index contributed by atoms with van der Waals surface area (Å²) >= 11 is 0. The zero-order valence-corrected chi connectivity index (χ0v) is 19.9. The van der Waals surface area contributed by atoms with Crippen LogP contribution < -0.4 is 25.2 Å². The van der Waals surface area contributed by atoms with Crippen LogP contribution in [0.5, 0.6) is 5.75 Å². The lowest BCUT2D eigenvalue weighted by atomic mass is 10.1. The number of hydrogen-bond donors (Lipinski definition) is 2. The van der Waals surface area contributed by atoms with Gasteiger partial charge >= 0.3 is 6.09 Å². The quantitative estimate of drug-likeness (QED) is 0.634. The standard InChI is InChI=1S/C26H31N5O4/c1-17(18-10-12-27-13-11-18)29-26(34)35-21-8-9-22-23(14-21)30(16-25(33)31(22)20-6-7-20)24(32)15-28-19-4-2-3-5-19/h8-14,17,19-20,28H,2-7,15-16H2,1H3,(H,29,34). The van der Waals surface area contributed by atoms with Crippen molar-refractivity contribution in [3.05, 3.63) is 48.3 Å². The Labute approximate surface area is 204 Å². The van der Waals surface area contributed by atoms with Gasteiger partial charge in [0.1, 0.15) is 12.3 Å². The fraction of sp³-hybridized carbons (Fsp3) is 0.462. The van der Waals surface area contributed by atoms with Crippen LogP contribution >= 0.6 is 0 Å². The molecule has 0 bridgehead atoms. The highest BCUT2D eigenvalue weighted by Gasteiger charge is 2.40. The summed E-state index contributed by atoms with van der Waals surface area (Å²) in [6, 6.07) is 9.04. The highest BCUT2D eigenvalue weighted by atomic mass is 16.6. The molecule has 0 saturated heterocycles. The van der Waals surface area contributed by atoms with E-state index in [1.165, 1.54) is 17.7 Å². The van der Waals surface area contributed by atoms with Gasteiger partial charge in [-0.25, -0.2) is 4.79 Å². The fourth-order valence-corrected chi connectivity index (χ4v) is 4.88. The summed E-state index contributed by atoms with van der Waals surface area (Å²) in [7, 11) is 0. The molecule has 0 spiro atoms. The van der Waals surface area contributed by atoms with Gasteiger partial charge in [0.2, 0.25) is 11.8 Å². The van der Waals surface area contributed by atoms with E-state index < -0.39 is 6.09 Å². The molecular weight excluding hydrogens is 446 g/mol. The maximum Gasteiger partial charge on any atom is 0.413 e. The first-order valence-corrected chi connectivity index (χ1v) is 12.4. The maximum atomic E-state index is 13.2. The third-order valence-electron chi connectivity index (χ3n) is 6.92. The number of carbonyl (C=O) groups is 3. The van der Waals surface area contributed by atoms with Crippen LogP contribution in [-0.2, 0) is 9.59 Å². The number of nitrogens with zero attached hydrogens (tertiary/aromatic N) is 3. The Kier molecular flexibility index (Phi) is 6.68. The van der Waals surface area contributed by atoms with Crippen LogP contribution in [0.1, 0.15) is 57.1 Å². The molecule has 9 nitrogen and oxygen atoms in total. The van der Waals surface area contributed by atoms with Crippen LogP contribution in [0.25, 0.3) is 0 Å². The van der Waals surface area contributed by atoms with E-state index in [1.807, 2.05) is 19.1 Å². The predicted octanol–water partition coefficient (Wildman–Crippen LogP) is 3.31. The van der Waals surface area contributed by atoms with Gasteiger partial charge in [-0.15, -0.1) is 0 Å². The van der Waals surface area contributed by atoms with Gasteiger partial charge in [0.05, 0.1) is 24.0 Å². The molecule has 3 amide bonds. The van der Waals surface area contributed by atoms with Gasteiger partial charge in [-0.05, 0) is 62.4 Å². The van der Waals surface area contributed by atoms with Crippen molar-refractivity contribution in [3.8, 4) is 5.75 Å². The molecule has 2 N–H and O–H groups in total. The van der Waals surface area contributed by atoms with E-state index >= 15 is 0 Å². The summed E-state index contributed by atoms with van der Waals surface area (Å²) in [5.74, 6) is 0.0801. The molecule has 9 heteroatoms. The van der Waals surface area contributed by atoms with Gasteiger partial charge < -0.3 is 20.3 Å². The Balaban J connectivity index is 1.32. The van der Waals surface area contributed by atoms with E-state index in [2.05, 4.69) is 15.6 Å². The first-order valence-electron chi connectivity index (χ1n) is 12.4. The number of fused-ring (bicyclic) bond motifs is 1. The molecule has 2 aromatic rings. The highest BCUT2D eigenvalue weighted by Crippen LogP contribution is 2.42. The van der Waals surface area contributed by atoms with Crippen molar-refractivity contribution in [2.75, 3.05) is 22.9 Å². The molecule has 35 heavy (non-hydrogen) atoms. The summed E-state index contributed by atoms with van der Waals surface area (Å²) in [5, 5.41) is 6.15. The summed E-state index contributed by atoms with van der Waals surface area (Å²) in [6.45, 7) is 2.03. The van der Waals surface area contributed by atoms with Gasteiger partial charge in [-0.3, -0.25) is 19.5 Å². The van der Waals surface area contributed by atoms with E-state index in [9.17, 15) is 14.4 Å². The molecule has 1 aromatic carbocycles. The van der Waals surface area contributed by atoms with Crippen molar-refractivity contribution in [2.24, 2.45) is 0 Å². The van der Waals surface area contributed by atoms with Crippen LogP contribution in [0.15, 0.2) is 42.7 Å². The average molecular weight is 478 g/mol. The van der Waals surface area contributed by atoms with Crippen LogP contribution in [0.2, 0.25) is 0 Å². The normalized spacial score (nSPS) is 18.8. The number of aromatic nitrogens is 1. The first-order chi connectivity index (χ1) is 17.0. The molecule has 1 aliphatic heterocycles. The molecule has 5 rings (SSSR count). The van der Waals surface area contributed by atoms with Gasteiger partial charge in [0.15, 0.2) is 0 Å². The molecule has 1 unspecified atom stereocenters. The number of rotatable bonds is 7. The van der Waals surface area contributed by atoms with Crippen molar-refractivity contribution in [1.82, 2.24) is 15.6 Å². The summed E-state index contributed by atoms with van der Waals surface area (Å²) in [5.41, 5.74) is 2.20. The molecule has 1 atom stereocenters. The van der Waals surface area contributed by atoms with E-state index in [0.29, 0.717) is 23.2 Å². The molecule has 0 radical (unpaired) electrons. The van der Waals surface area contributed by atoms with Crippen molar-refractivity contribution >= 4 is 29.3 Å². The lowest BCUT2D eigenvalue weighted by Gasteiger charge is -2.36. The van der Waals surface area contributed by atoms with E-state index in [4.69, 9.17) is 4.74 Å². The lowest BCUT2D eigenvalue weighted by Crippen LogP contribution is -2.51. The van der Waals surface area contributed by atoms with E-state index in [-0.39, 0.29) is 37.0 Å². The average Bonchev–Trinajstić information content (AvgIpc) is 3.55. The minimum Gasteiger partial charge on any atom is -0.410 e. The summed E-state index contributed by atoms with van der Waals surface area (Å²) in [4.78, 5) is 46.0. The Hall–Kier alpha value is -3.46. The van der Waals surface area contributed by atoms with Crippen LogP contribution in [0.3, 0.4) is 0 Å². The third kappa shape index (κ3) is 5.30. The lowest BCUT2D eigenvalue weighted by molar-refractivity contribution is -0.122. The molecule has 184 valence electrons. The summed E-state index contributed by atoms with van der Waals surface area (Å²) < 4.78 is 5.56. The zero-order valence-electron chi connectivity index (χ0n) is 19.9. The Morgan fingerprint density at radius 3 is 2.54 bits per heavy atom. The van der Waals surface area contributed by atoms with Crippen molar-refractivity contribution < 1.29 is 19.1 Å². The predicted molar refractivity (Wildman–Crippen MR) is 131 cm³/mol. The monoisotopic (exact) mass is 477 g/mol. The first kappa shape index (κ1) is 23.3. The summed E-state index contributed by atoms with van der Waals surface area (Å²) in [6.07, 6.45) is 9.15. The second kappa shape index (κ2) is 10.0. The Morgan fingerprint density at radius 1 is 1.09 bits per heavy atom. The minimum absolute atomic E-state index is 0.0105. The number of amides is 3. The SMILES string of the molecule is CC(NC(=O)Oc1ccc2c(c1)N(C(=O)CNC1CCCC1)CC(=O)N2C1CC1)c1ccncc1. The number of carbonyl (C=O) groups excluding carboxylic acids is 3. The topological polar surface area (TPSA) is 104 Å². The van der Waals surface area contributed by atoms with Crippen LogP contribution in [-0.4, -0.2) is 48.1 Å². The second-order valence-corrected chi connectivity index (χ2v) is 9.52. The molecule has 1 aromatic heterocycles. The van der Waals surface area contributed by atoms with E-state index in [1.54, 1.807) is 35.5 Å². The number of benzene rings is 1. The third-order valence-corrected chi connectivity index (χ3v) is 6.92. The number of anilines is 2. The number of pyridine rings is 1. The van der Waals surface area contributed by atoms with Gasteiger partial charge in [0.25, 0.3) is 0 Å². The maximum absolute atomic E-state index is 13.2. The highest BCUT2D eigenvalue weighted by molar-refractivity contribution is 6.12. The number of nitrogens with one attached hydrogen (secondary N) is 2. The largest absolute Gasteiger partial charge is 0.413 e. The molecule has 2 heterocycles. The smallest absolute Gasteiger partial charge is 0.410 e. The van der Waals surface area contributed by atoms with Crippen LogP contribution in [0.4, 0.5) is 16.2 Å². The zero-order chi connectivity index (χ0) is 24.4. The molecular formula is C26H31N5O4. The molecule has 2 aliphatic carbocycles. The molecule has 2 fully saturated rings. The van der Waals surface area contributed by atoms with Crippen molar-refractivity contribution in [2.45, 2.75) is 63.6 Å². The second-order valence-electron chi connectivity index (χ2n) is 9.52. The fourth-order valence-electron chi connectivity index (χ4n) is 4.88. The van der Waals surface area contributed by atoms with Crippen molar-refractivity contribution in [3.63, 3.8) is 0 Å².